The molecule has 20 heavy (non-hydrogen) atoms. The largest absolute Gasteiger partial charge is 0.377 e. The molecule has 1 aliphatic heterocycles. The Morgan fingerprint density at radius 3 is 3.15 bits per heavy atom. The number of benzene rings is 1. The number of hydrogen-bond donors (Lipinski definition) is 1. The summed E-state index contributed by atoms with van der Waals surface area (Å²) in [6.45, 7) is 1.99. The number of morpholine rings is 1. The standard InChI is InChI=1S/C15H17N3O2/c19-15(12-3-1-2-11-8-16-17-14(11)12)18-6-7-20-9-13(18)10-4-5-10/h1-3,8,10,13H,4-7,9H2,(H,16,17). The predicted molar refractivity (Wildman–Crippen MR) is 74.5 cm³/mol. The van der Waals surface area contributed by atoms with Crippen molar-refractivity contribution < 1.29 is 9.53 Å². The highest BCUT2D eigenvalue weighted by Crippen LogP contribution is 2.37. The van der Waals surface area contributed by atoms with Crippen LogP contribution in [0.15, 0.2) is 24.4 Å². The summed E-state index contributed by atoms with van der Waals surface area (Å²) in [5.41, 5.74) is 1.55. The van der Waals surface area contributed by atoms with Crippen LogP contribution in [0.2, 0.25) is 0 Å². The van der Waals surface area contributed by atoms with Gasteiger partial charge < -0.3 is 9.64 Å². The van der Waals surface area contributed by atoms with Crippen molar-refractivity contribution in [1.82, 2.24) is 15.1 Å². The molecule has 1 aromatic heterocycles. The highest BCUT2D eigenvalue weighted by Gasteiger charge is 2.39. The molecule has 1 saturated carbocycles. The number of aromatic nitrogens is 2. The number of fused-ring (bicyclic) bond motifs is 1. The summed E-state index contributed by atoms with van der Waals surface area (Å²) < 4.78 is 5.56. The minimum atomic E-state index is 0.0973. The van der Waals surface area contributed by atoms with Crippen LogP contribution in [-0.2, 0) is 4.74 Å². The van der Waals surface area contributed by atoms with Crippen molar-refractivity contribution in [2.75, 3.05) is 19.8 Å². The molecular weight excluding hydrogens is 254 g/mol. The van der Waals surface area contributed by atoms with Gasteiger partial charge in [0, 0.05) is 11.9 Å². The van der Waals surface area contributed by atoms with E-state index in [1.54, 1.807) is 6.20 Å². The van der Waals surface area contributed by atoms with Crippen LogP contribution >= 0.6 is 0 Å². The van der Waals surface area contributed by atoms with E-state index in [9.17, 15) is 4.79 Å². The number of amides is 1. The van der Waals surface area contributed by atoms with E-state index in [2.05, 4.69) is 10.2 Å². The van der Waals surface area contributed by atoms with Crippen LogP contribution in [0.3, 0.4) is 0 Å². The number of H-pyrrole nitrogens is 1. The summed E-state index contributed by atoms with van der Waals surface area (Å²) in [6.07, 6.45) is 4.18. The van der Waals surface area contributed by atoms with E-state index in [-0.39, 0.29) is 11.9 Å². The molecule has 1 N–H and O–H groups in total. The van der Waals surface area contributed by atoms with Crippen LogP contribution in [0.25, 0.3) is 10.9 Å². The SMILES string of the molecule is O=C(c1cccc2cn[nH]c12)N1CCOCC1C1CC1. The maximum Gasteiger partial charge on any atom is 0.256 e. The van der Waals surface area contributed by atoms with Crippen molar-refractivity contribution in [3.63, 3.8) is 0 Å². The molecule has 5 heteroatoms. The first-order valence-corrected chi connectivity index (χ1v) is 7.15. The maximum absolute atomic E-state index is 12.9. The Kier molecular flexibility index (Phi) is 2.73. The number of nitrogens with zero attached hydrogens (tertiary/aromatic N) is 2. The zero-order chi connectivity index (χ0) is 13.5. The van der Waals surface area contributed by atoms with E-state index < -0.39 is 0 Å². The van der Waals surface area contributed by atoms with Crippen molar-refractivity contribution in [3.05, 3.63) is 30.0 Å². The monoisotopic (exact) mass is 271 g/mol. The lowest BCUT2D eigenvalue weighted by Crippen LogP contribution is -2.49. The van der Waals surface area contributed by atoms with Gasteiger partial charge in [0.15, 0.2) is 0 Å². The lowest BCUT2D eigenvalue weighted by Gasteiger charge is -2.36. The van der Waals surface area contributed by atoms with E-state index in [0.717, 1.165) is 10.9 Å². The Bertz CT molecular complexity index is 647. The predicted octanol–water partition coefficient (Wildman–Crippen LogP) is 1.81. The molecule has 2 aromatic rings. The Labute approximate surface area is 116 Å². The minimum Gasteiger partial charge on any atom is -0.377 e. The Balaban J connectivity index is 1.69. The lowest BCUT2D eigenvalue weighted by molar-refractivity contribution is -0.00825. The number of aromatic amines is 1. The number of carbonyl (C=O) groups is 1. The molecule has 2 heterocycles. The van der Waals surface area contributed by atoms with Gasteiger partial charge in [-0.1, -0.05) is 12.1 Å². The molecule has 1 saturated heterocycles. The summed E-state index contributed by atoms with van der Waals surface area (Å²) in [5, 5.41) is 7.95. The van der Waals surface area contributed by atoms with Gasteiger partial charge in [0.2, 0.25) is 0 Å². The van der Waals surface area contributed by atoms with Gasteiger partial charge in [0.05, 0.1) is 36.5 Å². The number of para-hydroxylation sites is 1. The zero-order valence-corrected chi connectivity index (χ0v) is 11.2. The fourth-order valence-electron chi connectivity index (χ4n) is 3.05. The highest BCUT2D eigenvalue weighted by molar-refractivity contribution is 6.05. The van der Waals surface area contributed by atoms with Gasteiger partial charge in [0.25, 0.3) is 5.91 Å². The molecule has 1 atom stereocenters. The molecule has 2 fully saturated rings. The summed E-state index contributed by atoms with van der Waals surface area (Å²) >= 11 is 0. The molecule has 4 rings (SSSR count). The van der Waals surface area contributed by atoms with Crippen LogP contribution in [0.5, 0.6) is 0 Å². The third-order valence-electron chi connectivity index (χ3n) is 4.30. The molecule has 1 aromatic carbocycles. The lowest BCUT2D eigenvalue weighted by atomic mass is 10.1. The average molecular weight is 271 g/mol. The first-order chi connectivity index (χ1) is 9.84. The van der Waals surface area contributed by atoms with Crippen LogP contribution in [0.1, 0.15) is 23.2 Å². The third-order valence-corrected chi connectivity index (χ3v) is 4.30. The van der Waals surface area contributed by atoms with E-state index >= 15 is 0 Å². The molecular formula is C15H17N3O2. The van der Waals surface area contributed by atoms with Crippen LogP contribution in [0.4, 0.5) is 0 Å². The number of rotatable bonds is 2. The van der Waals surface area contributed by atoms with Gasteiger partial charge in [-0.05, 0) is 24.8 Å². The van der Waals surface area contributed by atoms with Crippen molar-refractivity contribution in [3.8, 4) is 0 Å². The van der Waals surface area contributed by atoms with Crippen LogP contribution in [-0.4, -0.2) is 46.8 Å². The number of hydrogen-bond acceptors (Lipinski definition) is 3. The maximum atomic E-state index is 12.9. The fraction of sp³-hybridized carbons (Fsp3) is 0.467. The molecule has 104 valence electrons. The molecule has 1 unspecified atom stereocenters. The van der Waals surface area contributed by atoms with E-state index in [4.69, 9.17) is 4.74 Å². The van der Waals surface area contributed by atoms with Crippen molar-refractivity contribution in [2.24, 2.45) is 5.92 Å². The molecule has 0 spiro atoms. The smallest absolute Gasteiger partial charge is 0.256 e. The molecule has 1 aliphatic carbocycles. The van der Waals surface area contributed by atoms with E-state index in [1.807, 2.05) is 23.1 Å². The zero-order valence-electron chi connectivity index (χ0n) is 11.2. The van der Waals surface area contributed by atoms with Crippen LogP contribution in [0, 0.1) is 5.92 Å². The topological polar surface area (TPSA) is 58.2 Å². The first kappa shape index (κ1) is 11.9. The normalized spacial score (nSPS) is 23.2. The van der Waals surface area contributed by atoms with Crippen molar-refractivity contribution in [2.45, 2.75) is 18.9 Å². The fourth-order valence-corrected chi connectivity index (χ4v) is 3.05. The summed E-state index contributed by atoms with van der Waals surface area (Å²) in [7, 11) is 0. The van der Waals surface area contributed by atoms with Gasteiger partial charge in [-0.15, -0.1) is 0 Å². The third kappa shape index (κ3) is 1.89. The Morgan fingerprint density at radius 2 is 2.30 bits per heavy atom. The first-order valence-electron chi connectivity index (χ1n) is 7.15. The molecule has 2 aliphatic rings. The number of nitrogens with one attached hydrogen (secondary N) is 1. The van der Waals surface area contributed by atoms with Gasteiger partial charge in [0.1, 0.15) is 0 Å². The number of ether oxygens (including phenoxy) is 1. The summed E-state index contributed by atoms with van der Waals surface area (Å²) in [5.74, 6) is 0.722. The van der Waals surface area contributed by atoms with Gasteiger partial charge in [-0.2, -0.15) is 5.10 Å². The highest BCUT2D eigenvalue weighted by atomic mass is 16.5. The summed E-state index contributed by atoms with van der Waals surface area (Å²) in [4.78, 5) is 14.9. The van der Waals surface area contributed by atoms with Crippen molar-refractivity contribution in [1.29, 1.82) is 0 Å². The van der Waals surface area contributed by atoms with Gasteiger partial charge in [-0.25, -0.2) is 0 Å². The number of carbonyl (C=O) groups excluding carboxylic acids is 1. The Morgan fingerprint density at radius 1 is 1.40 bits per heavy atom. The quantitative estimate of drug-likeness (QED) is 0.906. The van der Waals surface area contributed by atoms with Gasteiger partial charge in [-0.3, -0.25) is 9.89 Å². The average Bonchev–Trinajstić information content (AvgIpc) is 3.23. The Hall–Kier alpha value is -1.88. The second-order valence-corrected chi connectivity index (χ2v) is 5.62. The molecule has 5 nitrogen and oxygen atoms in total. The molecule has 0 radical (unpaired) electrons. The summed E-state index contributed by atoms with van der Waals surface area (Å²) in [6, 6.07) is 6.00. The van der Waals surface area contributed by atoms with Gasteiger partial charge >= 0.3 is 0 Å². The van der Waals surface area contributed by atoms with E-state index in [1.165, 1.54) is 12.8 Å². The second kappa shape index (κ2) is 4.59. The minimum absolute atomic E-state index is 0.0973. The van der Waals surface area contributed by atoms with Crippen molar-refractivity contribution >= 4 is 16.8 Å². The molecule has 1 amide bonds. The van der Waals surface area contributed by atoms with E-state index in [0.29, 0.717) is 31.2 Å². The molecule has 0 bridgehead atoms. The van der Waals surface area contributed by atoms with Crippen LogP contribution < -0.4 is 0 Å². The second-order valence-electron chi connectivity index (χ2n) is 5.62.